The van der Waals surface area contributed by atoms with Crippen molar-refractivity contribution in [1.82, 2.24) is 15.2 Å². The molecule has 2 saturated heterocycles. The predicted octanol–water partition coefficient (Wildman–Crippen LogP) is 2.37. The Bertz CT molecular complexity index is 863. The maximum absolute atomic E-state index is 14.5. The van der Waals surface area contributed by atoms with Crippen molar-refractivity contribution < 1.29 is 41.8 Å². The molecule has 33 heavy (non-hydrogen) atoms. The average Bonchev–Trinajstić information content (AvgIpc) is 3.19. The van der Waals surface area contributed by atoms with Crippen molar-refractivity contribution in [1.29, 1.82) is 0 Å². The first kappa shape index (κ1) is 24.9. The quantitative estimate of drug-likeness (QED) is 0.648. The molecule has 2 aliphatic heterocycles. The second-order valence-corrected chi connectivity index (χ2v) is 8.30. The van der Waals surface area contributed by atoms with Crippen molar-refractivity contribution in [2.24, 2.45) is 0 Å². The number of carbonyl (C=O) groups is 3. The molecule has 2 N–H and O–H groups in total. The second kappa shape index (κ2) is 10.0. The first-order valence-electron chi connectivity index (χ1n) is 10.6. The van der Waals surface area contributed by atoms with Crippen LogP contribution in [0.2, 0.25) is 0 Å². The average molecular weight is 475 g/mol. The van der Waals surface area contributed by atoms with E-state index in [0.29, 0.717) is 45.2 Å². The summed E-state index contributed by atoms with van der Waals surface area (Å²) in [6, 6.07) is 3.63. The van der Waals surface area contributed by atoms with Gasteiger partial charge in [0, 0.05) is 25.5 Å². The lowest BCUT2D eigenvalue weighted by Crippen LogP contribution is -2.55. The largest absolute Gasteiger partial charge is 0.490 e. The van der Waals surface area contributed by atoms with Gasteiger partial charge in [-0.2, -0.15) is 13.2 Å². The van der Waals surface area contributed by atoms with Gasteiger partial charge in [-0.05, 0) is 50.2 Å². The molecular weight excluding hydrogens is 450 g/mol. The summed E-state index contributed by atoms with van der Waals surface area (Å²) >= 11 is 0. The normalized spacial score (nSPS) is 25.7. The highest BCUT2D eigenvalue weighted by molar-refractivity contribution is 5.87. The molecule has 3 aliphatic rings. The number of aliphatic carboxylic acids is 1. The lowest BCUT2D eigenvalue weighted by atomic mass is 9.80. The van der Waals surface area contributed by atoms with Crippen LogP contribution in [0.3, 0.4) is 0 Å². The van der Waals surface area contributed by atoms with Crippen molar-refractivity contribution in [3.05, 3.63) is 30.1 Å². The van der Waals surface area contributed by atoms with Gasteiger partial charge in [-0.1, -0.05) is 6.07 Å². The van der Waals surface area contributed by atoms with E-state index in [-0.39, 0.29) is 24.0 Å². The molecule has 0 bridgehead atoms. The van der Waals surface area contributed by atoms with Crippen LogP contribution in [0.15, 0.2) is 24.5 Å². The third-order valence-corrected chi connectivity index (χ3v) is 6.06. The zero-order valence-corrected chi connectivity index (χ0v) is 17.7. The van der Waals surface area contributed by atoms with Gasteiger partial charge in [0.15, 0.2) is 5.67 Å². The Kier molecular flexibility index (Phi) is 7.55. The van der Waals surface area contributed by atoms with Crippen LogP contribution in [-0.2, 0) is 25.7 Å². The van der Waals surface area contributed by atoms with Gasteiger partial charge in [0.05, 0.1) is 12.1 Å². The van der Waals surface area contributed by atoms with E-state index >= 15 is 0 Å². The van der Waals surface area contributed by atoms with Gasteiger partial charge in [-0.25, -0.2) is 9.18 Å². The smallest absolute Gasteiger partial charge is 0.475 e. The molecule has 1 aliphatic carbocycles. The van der Waals surface area contributed by atoms with Crippen molar-refractivity contribution in [3.63, 3.8) is 0 Å². The van der Waals surface area contributed by atoms with Crippen LogP contribution in [0.1, 0.15) is 44.1 Å². The number of likely N-dealkylation sites (tertiary alicyclic amines) is 1. The Labute approximate surface area is 187 Å². The fourth-order valence-corrected chi connectivity index (χ4v) is 4.14. The molecule has 1 saturated carbocycles. The van der Waals surface area contributed by atoms with Crippen molar-refractivity contribution in [3.8, 4) is 0 Å². The summed E-state index contributed by atoms with van der Waals surface area (Å²) in [5, 5.41) is 10.0. The number of alkyl halides is 4. The van der Waals surface area contributed by atoms with Crippen LogP contribution in [0.25, 0.3) is 0 Å². The van der Waals surface area contributed by atoms with Crippen LogP contribution < -0.4 is 5.32 Å². The van der Waals surface area contributed by atoms with Crippen LogP contribution in [0.4, 0.5) is 17.6 Å². The van der Waals surface area contributed by atoms with Crippen LogP contribution >= 0.6 is 0 Å². The zero-order chi connectivity index (χ0) is 24.2. The molecule has 12 heteroatoms. The predicted molar refractivity (Wildman–Crippen MR) is 105 cm³/mol. The lowest BCUT2D eigenvalue weighted by molar-refractivity contribution is -0.192. The molecule has 0 spiro atoms. The number of rotatable bonds is 4. The first-order valence-corrected chi connectivity index (χ1v) is 10.6. The third kappa shape index (κ3) is 5.98. The second-order valence-electron chi connectivity index (χ2n) is 8.30. The van der Waals surface area contributed by atoms with E-state index in [4.69, 9.17) is 14.6 Å². The van der Waals surface area contributed by atoms with E-state index < -0.39 is 23.9 Å². The summed E-state index contributed by atoms with van der Waals surface area (Å²) in [6.07, 6.45) is 0.968. The van der Waals surface area contributed by atoms with E-state index in [1.165, 1.54) is 0 Å². The summed E-state index contributed by atoms with van der Waals surface area (Å²) in [7, 11) is 0. The third-order valence-electron chi connectivity index (χ3n) is 6.06. The molecule has 8 nitrogen and oxygen atoms in total. The number of nitrogens with zero attached hydrogens (tertiary/aromatic N) is 2. The van der Waals surface area contributed by atoms with Gasteiger partial charge in [0.1, 0.15) is 6.10 Å². The summed E-state index contributed by atoms with van der Waals surface area (Å²) in [6.45, 7) is 0.930. The first-order chi connectivity index (χ1) is 15.5. The minimum absolute atomic E-state index is 0.0990. The number of hydrogen-bond acceptors (Lipinski definition) is 5. The van der Waals surface area contributed by atoms with Crippen LogP contribution in [-0.4, -0.2) is 69.4 Å². The fourth-order valence-electron chi connectivity index (χ4n) is 4.14. The fraction of sp³-hybridized carbons (Fsp3) is 0.619. The summed E-state index contributed by atoms with van der Waals surface area (Å²) in [5.41, 5.74) is -0.728. The van der Waals surface area contributed by atoms with Gasteiger partial charge < -0.3 is 20.1 Å². The number of carboxylic acids is 1. The molecular formula is C21H25F4N3O5. The Balaban J connectivity index is 0.000000383. The van der Waals surface area contributed by atoms with E-state index in [0.717, 1.165) is 12.0 Å². The topological polar surface area (TPSA) is 109 Å². The van der Waals surface area contributed by atoms with Crippen LogP contribution in [0, 0.1) is 0 Å². The number of fused-ring (bicyclic) bond motifs is 1. The summed E-state index contributed by atoms with van der Waals surface area (Å²) < 4.78 is 52.2. The number of hydrogen-bond donors (Lipinski definition) is 2. The Hall–Kier alpha value is -2.76. The van der Waals surface area contributed by atoms with Gasteiger partial charge in [-0.3, -0.25) is 14.6 Å². The van der Waals surface area contributed by atoms with Gasteiger partial charge in [0.2, 0.25) is 5.91 Å². The number of amides is 2. The highest BCUT2D eigenvalue weighted by atomic mass is 19.4. The Morgan fingerprint density at radius 3 is 2.48 bits per heavy atom. The van der Waals surface area contributed by atoms with Gasteiger partial charge in [0.25, 0.3) is 5.91 Å². The number of nitrogens with one attached hydrogen (secondary N) is 1. The van der Waals surface area contributed by atoms with Gasteiger partial charge in [-0.15, -0.1) is 0 Å². The highest BCUT2D eigenvalue weighted by Gasteiger charge is 2.52. The van der Waals surface area contributed by atoms with Crippen molar-refractivity contribution >= 4 is 17.8 Å². The van der Waals surface area contributed by atoms with E-state index in [1.807, 2.05) is 12.1 Å². The molecule has 0 aromatic carbocycles. The Morgan fingerprint density at radius 2 is 1.94 bits per heavy atom. The molecule has 3 atom stereocenters. The SMILES string of the molecule is O=C(NCc1cccnc1)[C@H]1CC[C@@H]2[C@@H](CCN2C(=O)C2(F)CCC2)O1.O=C(O)C(F)(F)F. The van der Waals surface area contributed by atoms with E-state index in [2.05, 4.69) is 10.3 Å². The molecule has 0 radical (unpaired) electrons. The van der Waals surface area contributed by atoms with E-state index in [9.17, 15) is 27.2 Å². The molecule has 182 valence electrons. The molecule has 2 amide bonds. The van der Waals surface area contributed by atoms with E-state index in [1.54, 1.807) is 17.3 Å². The summed E-state index contributed by atoms with van der Waals surface area (Å²) in [4.78, 5) is 39.5. The number of carboxylic acid groups (broad SMARTS) is 1. The Morgan fingerprint density at radius 1 is 1.24 bits per heavy atom. The number of pyridine rings is 1. The minimum atomic E-state index is -5.08. The number of halogens is 4. The molecule has 3 fully saturated rings. The highest BCUT2D eigenvalue weighted by Crippen LogP contribution is 2.41. The van der Waals surface area contributed by atoms with Crippen molar-refractivity contribution in [2.75, 3.05) is 6.54 Å². The lowest BCUT2D eigenvalue weighted by Gasteiger charge is -2.40. The maximum atomic E-state index is 14.5. The number of carbonyl (C=O) groups excluding carboxylic acids is 2. The standard InChI is InChI=1S/C19H24FN3O3.C2HF3O2/c20-19(7-2-8-19)18(25)23-10-6-15-14(23)4-5-16(26-15)17(24)22-12-13-3-1-9-21-11-13;3-2(4,5)1(6)7/h1,3,9,11,14-16H,2,4-8,10,12H2,(H,22,24);(H,6,7)/t14-,15-,16-;/m1./s1. The molecule has 3 heterocycles. The molecule has 0 unspecified atom stereocenters. The zero-order valence-electron chi connectivity index (χ0n) is 17.7. The molecule has 1 aromatic heterocycles. The summed E-state index contributed by atoms with van der Waals surface area (Å²) in [5.74, 6) is -3.27. The number of aromatic nitrogens is 1. The minimum Gasteiger partial charge on any atom is -0.475 e. The number of ether oxygens (including phenoxy) is 1. The van der Waals surface area contributed by atoms with Gasteiger partial charge >= 0.3 is 12.1 Å². The monoisotopic (exact) mass is 475 g/mol. The molecule has 4 rings (SSSR count). The molecule has 1 aromatic rings. The maximum Gasteiger partial charge on any atom is 0.490 e. The van der Waals surface area contributed by atoms with Crippen molar-refractivity contribution in [2.45, 2.75) is 75.2 Å². The van der Waals surface area contributed by atoms with Crippen LogP contribution in [0.5, 0.6) is 0 Å².